The highest BCUT2D eigenvalue weighted by Crippen LogP contribution is 2.27. The third-order valence-corrected chi connectivity index (χ3v) is 3.56. The number of hydrogen-bond donors (Lipinski definition) is 1. The van der Waals surface area contributed by atoms with Gasteiger partial charge in [-0.15, -0.1) is 0 Å². The van der Waals surface area contributed by atoms with Crippen LogP contribution in [0.15, 0.2) is 18.3 Å². The molecule has 2 rings (SSSR count). The van der Waals surface area contributed by atoms with Crippen molar-refractivity contribution in [2.24, 2.45) is 0 Å². The number of nitrogens with zero attached hydrogens (tertiary/aromatic N) is 2. The number of anilines is 1. The van der Waals surface area contributed by atoms with Crippen molar-refractivity contribution >= 4 is 11.7 Å². The molecule has 0 unspecified atom stereocenters. The lowest BCUT2D eigenvalue weighted by Crippen LogP contribution is -2.46. The van der Waals surface area contributed by atoms with E-state index in [9.17, 15) is 4.79 Å². The number of pyridine rings is 1. The van der Waals surface area contributed by atoms with Crippen LogP contribution in [-0.2, 0) is 24.8 Å². The molecule has 1 aliphatic heterocycles. The third-order valence-electron chi connectivity index (χ3n) is 3.56. The van der Waals surface area contributed by atoms with Gasteiger partial charge in [-0.2, -0.15) is 0 Å². The standard InChI is InChI=1S/C14H21N3O4/c1-15-13(18)14(19-2,20-3)11-4-5-12(16-10-11)17-6-8-21-9-7-17/h4-5,10H,6-9H2,1-3H3,(H,15,18). The molecule has 21 heavy (non-hydrogen) atoms. The fraction of sp³-hybridized carbons (Fsp3) is 0.571. The summed E-state index contributed by atoms with van der Waals surface area (Å²) in [4.78, 5) is 18.6. The molecule has 1 fully saturated rings. The van der Waals surface area contributed by atoms with Gasteiger partial charge in [0.15, 0.2) is 0 Å². The van der Waals surface area contributed by atoms with Crippen LogP contribution in [0.25, 0.3) is 0 Å². The average Bonchev–Trinajstić information content (AvgIpc) is 2.57. The molecule has 2 heterocycles. The van der Waals surface area contributed by atoms with E-state index in [-0.39, 0.29) is 5.91 Å². The van der Waals surface area contributed by atoms with E-state index >= 15 is 0 Å². The van der Waals surface area contributed by atoms with E-state index in [2.05, 4.69) is 15.2 Å². The van der Waals surface area contributed by atoms with Crippen LogP contribution >= 0.6 is 0 Å². The number of ether oxygens (including phenoxy) is 3. The summed E-state index contributed by atoms with van der Waals surface area (Å²) in [7, 11) is 4.38. The number of carbonyl (C=O) groups is 1. The minimum Gasteiger partial charge on any atom is -0.378 e. The molecule has 1 aromatic rings. The first-order valence-corrected chi connectivity index (χ1v) is 6.79. The van der Waals surface area contributed by atoms with Crippen LogP contribution in [0.5, 0.6) is 0 Å². The fourth-order valence-corrected chi connectivity index (χ4v) is 2.36. The van der Waals surface area contributed by atoms with Gasteiger partial charge in [0.25, 0.3) is 11.7 Å². The Kier molecular flexibility index (Phi) is 5.11. The van der Waals surface area contributed by atoms with Crippen molar-refractivity contribution < 1.29 is 19.0 Å². The van der Waals surface area contributed by atoms with E-state index in [1.54, 1.807) is 12.3 Å². The SMILES string of the molecule is CNC(=O)C(OC)(OC)c1ccc(N2CCOCC2)nc1. The molecule has 0 bridgehead atoms. The molecule has 1 amide bonds. The van der Waals surface area contributed by atoms with Gasteiger partial charge in [0.1, 0.15) is 5.82 Å². The first kappa shape index (κ1) is 15.7. The molecule has 1 saturated heterocycles. The lowest BCUT2D eigenvalue weighted by atomic mass is 10.1. The third kappa shape index (κ3) is 2.99. The van der Waals surface area contributed by atoms with Crippen molar-refractivity contribution in [2.75, 3.05) is 52.5 Å². The van der Waals surface area contributed by atoms with Crippen LogP contribution < -0.4 is 10.2 Å². The summed E-state index contributed by atoms with van der Waals surface area (Å²) in [5.41, 5.74) is 0.545. The Morgan fingerprint density at radius 1 is 1.33 bits per heavy atom. The number of morpholine rings is 1. The van der Waals surface area contributed by atoms with E-state index < -0.39 is 5.79 Å². The second kappa shape index (κ2) is 6.84. The van der Waals surface area contributed by atoms with E-state index in [4.69, 9.17) is 14.2 Å². The lowest BCUT2D eigenvalue weighted by Gasteiger charge is -2.30. The Balaban J connectivity index is 2.25. The minimum absolute atomic E-state index is 0.381. The van der Waals surface area contributed by atoms with Crippen LogP contribution in [0.3, 0.4) is 0 Å². The summed E-state index contributed by atoms with van der Waals surface area (Å²) < 4.78 is 15.9. The van der Waals surface area contributed by atoms with Gasteiger partial charge in [-0.1, -0.05) is 0 Å². The Morgan fingerprint density at radius 2 is 2.00 bits per heavy atom. The maximum atomic E-state index is 12.1. The number of hydrogen-bond acceptors (Lipinski definition) is 6. The number of rotatable bonds is 5. The van der Waals surface area contributed by atoms with Gasteiger partial charge < -0.3 is 24.4 Å². The number of carbonyl (C=O) groups excluding carboxylic acids is 1. The zero-order valence-electron chi connectivity index (χ0n) is 12.6. The van der Waals surface area contributed by atoms with E-state index in [0.717, 1.165) is 18.9 Å². The van der Waals surface area contributed by atoms with Crippen LogP contribution in [-0.4, -0.2) is 58.5 Å². The second-order valence-electron chi connectivity index (χ2n) is 4.61. The quantitative estimate of drug-likeness (QED) is 0.777. The number of nitrogens with one attached hydrogen (secondary N) is 1. The summed E-state index contributed by atoms with van der Waals surface area (Å²) in [6.45, 7) is 3.01. The van der Waals surface area contributed by atoms with Crippen LogP contribution in [0, 0.1) is 0 Å². The largest absolute Gasteiger partial charge is 0.378 e. The zero-order valence-corrected chi connectivity index (χ0v) is 12.6. The van der Waals surface area contributed by atoms with E-state index in [0.29, 0.717) is 18.8 Å². The molecule has 1 aliphatic rings. The molecule has 0 saturated carbocycles. The molecule has 0 aromatic carbocycles. The lowest BCUT2D eigenvalue weighted by molar-refractivity contribution is -0.215. The van der Waals surface area contributed by atoms with Crippen LogP contribution in [0.4, 0.5) is 5.82 Å². The number of methoxy groups -OCH3 is 2. The highest BCUT2D eigenvalue weighted by molar-refractivity contribution is 5.84. The second-order valence-corrected chi connectivity index (χ2v) is 4.61. The van der Waals surface area contributed by atoms with E-state index in [1.807, 2.05) is 6.07 Å². The molecule has 0 radical (unpaired) electrons. The maximum Gasteiger partial charge on any atom is 0.285 e. The highest BCUT2D eigenvalue weighted by atomic mass is 16.7. The average molecular weight is 295 g/mol. The predicted octanol–water partition coefficient (Wildman–Crippen LogP) is 0.110. The van der Waals surface area contributed by atoms with Gasteiger partial charge in [0.2, 0.25) is 0 Å². The molecule has 116 valence electrons. The minimum atomic E-state index is -1.48. The van der Waals surface area contributed by atoms with Gasteiger partial charge in [-0.3, -0.25) is 4.79 Å². The molecule has 0 spiro atoms. The maximum absolute atomic E-state index is 12.1. The Hall–Kier alpha value is -1.70. The summed E-state index contributed by atoms with van der Waals surface area (Å²) in [6.07, 6.45) is 1.60. The van der Waals surface area contributed by atoms with Gasteiger partial charge >= 0.3 is 0 Å². The van der Waals surface area contributed by atoms with Crippen LogP contribution in [0.2, 0.25) is 0 Å². The number of amides is 1. The first-order chi connectivity index (χ1) is 10.2. The highest BCUT2D eigenvalue weighted by Gasteiger charge is 2.41. The van der Waals surface area contributed by atoms with Gasteiger partial charge in [0.05, 0.1) is 13.2 Å². The summed E-state index contributed by atoms with van der Waals surface area (Å²) >= 11 is 0. The van der Waals surface area contributed by atoms with Gasteiger partial charge in [-0.05, 0) is 12.1 Å². The fourth-order valence-electron chi connectivity index (χ4n) is 2.36. The normalized spacial score (nSPS) is 15.9. The Labute approximate surface area is 124 Å². The molecule has 1 aromatic heterocycles. The number of likely N-dealkylation sites (N-methyl/N-ethyl adjacent to an activating group) is 1. The molecular formula is C14H21N3O4. The number of aromatic nitrogens is 1. The van der Waals surface area contributed by atoms with Crippen molar-refractivity contribution in [3.63, 3.8) is 0 Å². The molecule has 1 N–H and O–H groups in total. The smallest absolute Gasteiger partial charge is 0.285 e. The Bertz CT molecular complexity index is 468. The molecule has 0 atom stereocenters. The monoisotopic (exact) mass is 295 g/mol. The molecule has 7 nitrogen and oxygen atoms in total. The Morgan fingerprint density at radius 3 is 2.48 bits per heavy atom. The van der Waals surface area contributed by atoms with Crippen molar-refractivity contribution in [3.8, 4) is 0 Å². The van der Waals surface area contributed by atoms with Gasteiger partial charge in [0, 0.05) is 46.1 Å². The van der Waals surface area contributed by atoms with E-state index in [1.165, 1.54) is 21.3 Å². The topological polar surface area (TPSA) is 72.9 Å². The van der Waals surface area contributed by atoms with Crippen molar-refractivity contribution in [2.45, 2.75) is 5.79 Å². The summed E-state index contributed by atoms with van der Waals surface area (Å²) in [6, 6.07) is 3.65. The molecular weight excluding hydrogens is 274 g/mol. The first-order valence-electron chi connectivity index (χ1n) is 6.79. The summed E-state index contributed by atoms with van der Waals surface area (Å²) in [5.74, 6) is -1.01. The van der Waals surface area contributed by atoms with Crippen LogP contribution in [0.1, 0.15) is 5.56 Å². The zero-order chi connectivity index (χ0) is 15.3. The molecule has 0 aliphatic carbocycles. The van der Waals surface area contributed by atoms with Gasteiger partial charge in [-0.25, -0.2) is 4.98 Å². The van der Waals surface area contributed by atoms with Crippen molar-refractivity contribution in [3.05, 3.63) is 23.9 Å². The molecule has 7 heteroatoms. The predicted molar refractivity (Wildman–Crippen MR) is 77.0 cm³/mol. The summed E-state index contributed by atoms with van der Waals surface area (Å²) in [5, 5.41) is 2.54. The van der Waals surface area contributed by atoms with Crippen molar-refractivity contribution in [1.29, 1.82) is 0 Å². The van der Waals surface area contributed by atoms with Crippen molar-refractivity contribution in [1.82, 2.24) is 10.3 Å².